The Morgan fingerprint density at radius 3 is 2.62 bits per heavy atom. The molecule has 0 saturated carbocycles. The van der Waals surface area contributed by atoms with Crippen molar-refractivity contribution in [1.29, 1.82) is 0 Å². The number of ether oxygens (including phenoxy) is 2. The quantitative estimate of drug-likeness (QED) is 0.395. The number of nitro groups is 1. The van der Waals surface area contributed by atoms with E-state index in [0.717, 1.165) is 12.1 Å². The Bertz CT molecular complexity index is 604. The summed E-state index contributed by atoms with van der Waals surface area (Å²) in [6, 6.07) is 3.35. The van der Waals surface area contributed by atoms with Gasteiger partial charge in [0.2, 0.25) is 10.0 Å². The Morgan fingerprint density at radius 1 is 1.43 bits per heavy atom. The molecule has 3 N–H and O–H groups in total. The van der Waals surface area contributed by atoms with Gasteiger partial charge in [-0.1, -0.05) is 0 Å². The van der Waals surface area contributed by atoms with E-state index in [1.165, 1.54) is 20.3 Å². The molecular weight excluding hydrogens is 302 g/mol. The fourth-order valence-electron chi connectivity index (χ4n) is 1.57. The van der Waals surface area contributed by atoms with Crippen molar-refractivity contribution >= 4 is 21.4 Å². The molecule has 1 rings (SSSR count). The van der Waals surface area contributed by atoms with Gasteiger partial charge in [-0.2, -0.15) is 0 Å². The molecule has 118 valence electrons. The number of nitrogen functional groups attached to an aromatic ring is 1. The average Bonchev–Trinajstić information content (AvgIpc) is 2.43. The minimum Gasteiger partial charge on any atom is -0.399 e. The van der Waals surface area contributed by atoms with Gasteiger partial charge in [-0.05, 0) is 12.1 Å². The summed E-state index contributed by atoms with van der Waals surface area (Å²) in [6.07, 6.45) is -0.509. The van der Waals surface area contributed by atoms with Crippen molar-refractivity contribution in [3.8, 4) is 0 Å². The van der Waals surface area contributed by atoms with Crippen molar-refractivity contribution in [2.45, 2.75) is 11.0 Å². The number of hydrogen-bond acceptors (Lipinski definition) is 7. The van der Waals surface area contributed by atoms with E-state index in [0.29, 0.717) is 0 Å². The minimum atomic E-state index is -4.09. The molecule has 0 amide bonds. The van der Waals surface area contributed by atoms with Crippen LogP contribution in [0.15, 0.2) is 23.1 Å². The summed E-state index contributed by atoms with van der Waals surface area (Å²) >= 11 is 0. The summed E-state index contributed by atoms with van der Waals surface area (Å²) < 4.78 is 36.4. The van der Waals surface area contributed by atoms with Crippen molar-refractivity contribution in [3.05, 3.63) is 28.3 Å². The van der Waals surface area contributed by atoms with Crippen LogP contribution in [0, 0.1) is 10.1 Å². The molecule has 0 aliphatic heterocycles. The van der Waals surface area contributed by atoms with Crippen molar-refractivity contribution in [1.82, 2.24) is 4.72 Å². The molecule has 0 bridgehead atoms. The zero-order valence-electron chi connectivity index (χ0n) is 11.6. The molecular formula is C11H17N3O6S. The molecule has 0 aliphatic rings. The molecule has 1 aromatic rings. The minimum absolute atomic E-state index is 0.0847. The SMILES string of the molecule is COCC(CNS(=O)(=O)c1cc(N)ccc1[N+](=O)[O-])OC. The number of rotatable bonds is 8. The number of benzene rings is 1. The maximum atomic E-state index is 12.2. The fraction of sp³-hybridized carbons (Fsp3) is 0.455. The van der Waals surface area contributed by atoms with Crippen molar-refractivity contribution in [3.63, 3.8) is 0 Å². The first-order valence-corrected chi connectivity index (χ1v) is 7.35. The number of nitrogens with one attached hydrogen (secondary N) is 1. The molecule has 1 aromatic carbocycles. The van der Waals surface area contributed by atoms with Gasteiger partial charge < -0.3 is 15.2 Å². The molecule has 9 nitrogen and oxygen atoms in total. The van der Waals surface area contributed by atoms with Gasteiger partial charge in [-0.15, -0.1) is 0 Å². The first kappa shape index (κ1) is 17.3. The highest BCUT2D eigenvalue weighted by atomic mass is 32.2. The van der Waals surface area contributed by atoms with Gasteiger partial charge in [-0.3, -0.25) is 10.1 Å². The van der Waals surface area contributed by atoms with Crippen LogP contribution >= 0.6 is 0 Å². The molecule has 0 saturated heterocycles. The zero-order chi connectivity index (χ0) is 16.0. The smallest absolute Gasteiger partial charge is 0.289 e. The van der Waals surface area contributed by atoms with Gasteiger partial charge in [0.15, 0.2) is 4.90 Å². The zero-order valence-corrected chi connectivity index (χ0v) is 12.4. The average molecular weight is 319 g/mol. The number of sulfonamides is 1. The van der Waals surface area contributed by atoms with Gasteiger partial charge in [0.05, 0.1) is 17.6 Å². The monoisotopic (exact) mass is 319 g/mol. The van der Waals surface area contributed by atoms with Gasteiger partial charge in [-0.25, -0.2) is 13.1 Å². The summed E-state index contributed by atoms with van der Waals surface area (Å²) in [5.74, 6) is 0. The highest BCUT2D eigenvalue weighted by Crippen LogP contribution is 2.25. The summed E-state index contributed by atoms with van der Waals surface area (Å²) in [7, 11) is -1.24. The van der Waals surface area contributed by atoms with E-state index >= 15 is 0 Å². The lowest BCUT2D eigenvalue weighted by atomic mass is 10.3. The summed E-state index contributed by atoms with van der Waals surface area (Å²) in [5.41, 5.74) is 5.06. The predicted octanol–water partition coefficient (Wildman–Crippen LogP) is 0.117. The van der Waals surface area contributed by atoms with Crippen molar-refractivity contribution < 1.29 is 22.8 Å². The summed E-state index contributed by atoms with van der Waals surface area (Å²) in [6.45, 7) is 0.0939. The van der Waals surface area contributed by atoms with E-state index < -0.39 is 31.6 Å². The topological polar surface area (TPSA) is 134 Å². The Hall–Kier alpha value is -1.75. The van der Waals surface area contributed by atoms with Gasteiger partial charge in [0.1, 0.15) is 0 Å². The Kier molecular flexibility index (Phi) is 6.03. The van der Waals surface area contributed by atoms with Crippen LogP contribution in [0.1, 0.15) is 0 Å². The second-order valence-electron chi connectivity index (χ2n) is 4.15. The van der Waals surface area contributed by atoms with E-state index in [1.807, 2.05) is 0 Å². The molecule has 10 heteroatoms. The van der Waals surface area contributed by atoms with Crippen LogP contribution in [0.3, 0.4) is 0 Å². The maximum absolute atomic E-state index is 12.2. The third kappa shape index (κ3) is 4.63. The molecule has 21 heavy (non-hydrogen) atoms. The second kappa shape index (κ2) is 7.31. The highest BCUT2D eigenvalue weighted by Gasteiger charge is 2.26. The van der Waals surface area contributed by atoms with Crippen LogP contribution in [0.2, 0.25) is 0 Å². The molecule has 0 fully saturated rings. The van der Waals surface area contributed by atoms with Gasteiger partial charge >= 0.3 is 0 Å². The fourth-order valence-corrected chi connectivity index (χ4v) is 2.84. The van der Waals surface area contributed by atoms with Crippen LogP contribution in [0.5, 0.6) is 0 Å². The summed E-state index contributed by atoms with van der Waals surface area (Å²) in [4.78, 5) is 9.64. The number of anilines is 1. The normalized spacial score (nSPS) is 13.0. The molecule has 0 radical (unpaired) electrons. The molecule has 0 spiro atoms. The highest BCUT2D eigenvalue weighted by molar-refractivity contribution is 7.89. The maximum Gasteiger partial charge on any atom is 0.289 e. The first-order chi connectivity index (χ1) is 9.81. The first-order valence-electron chi connectivity index (χ1n) is 5.87. The molecule has 1 atom stereocenters. The largest absolute Gasteiger partial charge is 0.399 e. The molecule has 0 aromatic heterocycles. The van der Waals surface area contributed by atoms with E-state index in [1.54, 1.807) is 0 Å². The van der Waals surface area contributed by atoms with Crippen LogP contribution in [-0.4, -0.2) is 46.8 Å². The number of methoxy groups -OCH3 is 2. The van der Waals surface area contributed by atoms with E-state index in [-0.39, 0.29) is 18.8 Å². The van der Waals surface area contributed by atoms with Gasteiger partial charge in [0, 0.05) is 32.5 Å². The van der Waals surface area contributed by atoms with Crippen molar-refractivity contribution in [2.75, 3.05) is 33.1 Å². The van der Waals surface area contributed by atoms with E-state index in [9.17, 15) is 18.5 Å². The van der Waals surface area contributed by atoms with Crippen LogP contribution in [-0.2, 0) is 19.5 Å². The van der Waals surface area contributed by atoms with Crippen LogP contribution in [0.25, 0.3) is 0 Å². The standard InChI is InChI=1S/C11H17N3O6S/c1-19-7-9(20-2)6-13-21(17,18)11-5-8(12)3-4-10(11)14(15)16/h3-5,9,13H,6-7,12H2,1-2H3. The second-order valence-corrected chi connectivity index (χ2v) is 5.88. The Morgan fingerprint density at radius 2 is 2.10 bits per heavy atom. The lowest BCUT2D eigenvalue weighted by molar-refractivity contribution is -0.387. The van der Waals surface area contributed by atoms with Crippen LogP contribution < -0.4 is 10.5 Å². The van der Waals surface area contributed by atoms with E-state index in [2.05, 4.69) is 4.72 Å². The molecule has 0 heterocycles. The Balaban J connectivity index is 3.02. The Labute approximate surface area is 122 Å². The number of nitrogens with zero attached hydrogens (tertiary/aromatic N) is 1. The number of nitrogens with two attached hydrogens (primary N) is 1. The molecule has 0 aliphatic carbocycles. The number of nitro benzene ring substituents is 1. The third-order valence-electron chi connectivity index (χ3n) is 2.66. The van der Waals surface area contributed by atoms with Crippen molar-refractivity contribution in [2.24, 2.45) is 0 Å². The number of hydrogen-bond donors (Lipinski definition) is 2. The molecule has 1 unspecified atom stereocenters. The van der Waals surface area contributed by atoms with E-state index in [4.69, 9.17) is 15.2 Å². The predicted molar refractivity (Wildman–Crippen MR) is 75.4 cm³/mol. The third-order valence-corrected chi connectivity index (χ3v) is 4.11. The van der Waals surface area contributed by atoms with Gasteiger partial charge in [0.25, 0.3) is 5.69 Å². The van der Waals surface area contributed by atoms with Crippen LogP contribution in [0.4, 0.5) is 11.4 Å². The lowest BCUT2D eigenvalue weighted by Gasteiger charge is -2.15. The summed E-state index contributed by atoms with van der Waals surface area (Å²) in [5, 5.41) is 10.9. The lowest BCUT2D eigenvalue weighted by Crippen LogP contribution is -2.35.